The van der Waals surface area contributed by atoms with Crippen molar-refractivity contribution < 1.29 is 14.7 Å². The van der Waals surface area contributed by atoms with Crippen molar-refractivity contribution in [3.8, 4) is 0 Å². The van der Waals surface area contributed by atoms with Gasteiger partial charge in [0.1, 0.15) is 0 Å². The van der Waals surface area contributed by atoms with Gasteiger partial charge in [0.15, 0.2) is 0 Å². The Bertz CT molecular complexity index is 521. The van der Waals surface area contributed by atoms with Crippen molar-refractivity contribution >= 4 is 11.9 Å². The Hall–Kier alpha value is -1.84. The molecular weight excluding hydrogens is 254 g/mol. The monoisotopic (exact) mass is 273 g/mol. The maximum atomic E-state index is 12.4. The first kappa shape index (κ1) is 13.2. The van der Waals surface area contributed by atoms with Crippen LogP contribution in [0, 0.1) is 5.41 Å². The van der Waals surface area contributed by atoms with Crippen LogP contribution in [-0.2, 0) is 22.7 Å². The first-order chi connectivity index (χ1) is 9.61. The van der Waals surface area contributed by atoms with Crippen molar-refractivity contribution in [1.82, 2.24) is 4.90 Å². The molecule has 3 rings (SSSR count). The molecule has 4 nitrogen and oxygen atoms in total. The Morgan fingerprint density at radius 2 is 1.65 bits per heavy atom. The van der Waals surface area contributed by atoms with Gasteiger partial charge in [-0.2, -0.15) is 0 Å². The number of hydrogen-bond donors (Lipinski definition) is 1. The van der Waals surface area contributed by atoms with E-state index in [2.05, 4.69) is 0 Å². The Morgan fingerprint density at radius 1 is 1.10 bits per heavy atom. The molecule has 0 spiro atoms. The maximum Gasteiger partial charge on any atom is 0.310 e. The summed E-state index contributed by atoms with van der Waals surface area (Å²) in [6.45, 7) is 1.23. The van der Waals surface area contributed by atoms with Crippen LogP contribution in [0.3, 0.4) is 0 Å². The van der Waals surface area contributed by atoms with Crippen LogP contribution in [0.4, 0.5) is 0 Å². The number of carboxylic acids is 1. The summed E-state index contributed by atoms with van der Waals surface area (Å²) in [6.07, 6.45) is 3.25. The molecule has 0 unspecified atom stereocenters. The number of benzene rings is 1. The molecule has 1 aromatic carbocycles. The third-order valence-electron chi connectivity index (χ3n) is 4.70. The van der Waals surface area contributed by atoms with Crippen molar-refractivity contribution in [2.24, 2.45) is 5.41 Å². The minimum Gasteiger partial charge on any atom is -0.481 e. The molecule has 4 heteroatoms. The van der Waals surface area contributed by atoms with E-state index in [0.29, 0.717) is 25.9 Å². The number of nitrogens with zero attached hydrogens (tertiary/aromatic N) is 1. The zero-order chi connectivity index (χ0) is 14.2. The number of fused-ring (bicyclic) bond motifs is 1. The normalized spacial score (nSPS) is 19.9. The first-order valence-corrected chi connectivity index (χ1v) is 7.19. The van der Waals surface area contributed by atoms with Gasteiger partial charge in [-0.3, -0.25) is 9.59 Å². The van der Waals surface area contributed by atoms with Crippen molar-refractivity contribution in [3.63, 3.8) is 0 Å². The Labute approximate surface area is 118 Å². The second-order valence-electron chi connectivity index (χ2n) is 5.99. The molecule has 0 aromatic heterocycles. The highest BCUT2D eigenvalue weighted by molar-refractivity contribution is 5.85. The largest absolute Gasteiger partial charge is 0.481 e. The van der Waals surface area contributed by atoms with Crippen LogP contribution in [0.5, 0.6) is 0 Å². The van der Waals surface area contributed by atoms with E-state index < -0.39 is 11.4 Å². The smallest absolute Gasteiger partial charge is 0.310 e. The van der Waals surface area contributed by atoms with Gasteiger partial charge < -0.3 is 10.0 Å². The lowest BCUT2D eigenvalue weighted by molar-refractivity contribution is -0.153. The molecule has 0 saturated heterocycles. The number of aliphatic carboxylic acids is 1. The molecule has 1 fully saturated rings. The lowest BCUT2D eigenvalue weighted by atomic mass is 9.82. The van der Waals surface area contributed by atoms with Gasteiger partial charge in [-0.1, -0.05) is 37.1 Å². The molecular formula is C16H19NO3. The van der Waals surface area contributed by atoms with E-state index in [-0.39, 0.29) is 12.3 Å². The van der Waals surface area contributed by atoms with E-state index in [4.69, 9.17) is 0 Å². The van der Waals surface area contributed by atoms with Crippen LogP contribution in [-0.4, -0.2) is 21.9 Å². The highest BCUT2D eigenvalue weighted by Gasteiger charge is 2.44. The highest BCUT2D eigenvalue weighted by Crippen LogP contribution is 2.42. The van der Waals surface area contributed by atoms with Crippen molar-refractivity contribution in [2.75, 3.05) is 0 Å². The molecule has 1 saturated carbocycles. The maximum absolute atomic E-state index is 12.4. The Kier molecular flexibility index (Phi) is 3.24. The van der Waals surface area contributed by atoms with Gasteiger partial charge in [-0.05, 0) is 24.0 Å². The van der Waals surface area contributed by atoms with Crippen LogP contribution in [0.2, 0.25) is 0 Å². The molecule has 106 valence electrons. The summed E-state index contributed by atoms with van der Waals surface area (Å²) in [5.74, 6) is -0.828. The van der Waals surface area contributed by atoms with E-state index in [1.54, 1.807) is 4.90 Å². The number of amides is 1. The average Bonchev–Trinajstić information content (AvgIpc) is 3.05. The minimum atomic E-state index is -0.814. The molecule has 1 heterocycles. The van der Waals surface area contributed by atoms with Gasteiger partial charge in [0.2, 0.25) is 5.91 Å². The zero-order valence-electron chi connectivity index (χ0n) is 11.5. The van der Waals surface area contributed by atoms with E-state index in [1.807, 2.05) is 24.3 Å². The minimum absolute atomic E-state index is 0.0227. The third-order valence-corrected chi connectivity index (χ3v) is 4.70. The van der Waals surface area contributed by atoms with Crippen LogP contribution in [0.15, 0.2) is 24.3 Å². The number of carbonyl (C=O) groups excluding carboxylic acids is 1. The fraction of sp³-hybridized carbons (Fsp3) is 0.500. The average molecular weight is 273 g/mol. The second-order valence-corrected chi connectivity index (χ2v) is 5.99. The van der Waals surface area contributed by atoms with Gasteiger partial charge in [-0.15, -0.1) is 0 Å². The third kappa shape index (κ3) is 2.19. The summed E-state index contributed by atoms with van der Waals surface area (Å²) < 4.78 is 0. The van der Waals surface area contributed by atoms with E-state index in [0.717, 1.165) is 12.8 Å². The number of rotatable bonds is 3. The molecule has 1 aliphatic carbocycles. The van der Waals surface area contributed by atoms with Gasteiger partial charge in [0, 0.05) is 19.5 Å². The summed E-state index contributed by atoms with van der Waals surface area (Å²) >= 11 is 0. The number of carbonyl (C=O) groups is 2. The summed E-state index contributed by atoms with van der Waals surface area (Å²) in [4.78, 5) is 25.7. The molecule has 0 atom stereocenters. The lowest BCUT2D eigenvalue weighted by Crippen LogP contribution is -2.36. The van der Waals surface area contributed by atoms with Crippen LogP contribution < -0.4 is 0 Å². The van der Waals surface area contributed by atoms with Gasteiger partial charge in [0.05, 0.1) is 5.41 Å². The standard InChI is InChI=1S/C16H19NO3/c18-14(9-16(15(19)20)7-3-4-8-16)17-10-12-5-1-2-6-13(12)11-17/h1-2,5-6H,3-4,7-11H2,(H,19,20). The molecule has 0 bridgehead atoms. The van der Waals surface area contributed by atoms with Crippen LogP contribution in [0.1, 0.15) is 43.2 Å². The zero-order valence-corrected chi connectivity index (χ0v) is 11.5. The number of carboxylic acid groups (broad SMARTS) is 1. The predicted molar refractivity (Wildman–Crippen MR) is 73.8 cm³/mol. The lowest BCUT2D eigenvalue weighted by Gasteiger charge is -2.26. The van der Waals surface area contributed by atoms with Gasteiger partial charge in [0.25, 0.3) is 0 Å². The molecule has 1 amide bonds. The topological polar surface area (TPSA) is 57.6 Å². The van der Waals surface area contributed by atoms with E-state index in [9.17, 15) is 14.7 Å². The quantitative estimate of drug-likeness (QED) is 0.920. The first-order valence-electron chi connectivity index (χ1n) is 7.19. The SMILES string of the molecule is O=C(CC1(C(=O)O)CCCC1)N1Cc2ccccc2C1. The van der Waals surface area contributed by atoms with Gasteiger partial charge >= 0.3 is 5.97 Å². The Balaban J connectivity index is 1.71. The predicted octanol–water partition coefficient (Wildman–Crippen LogP) is 2.56. The second kappa shape index (κ2) is 4.93. The molecule has 1 aromatic rings. The molecule has 20 heavy (non-hydrogen) atoms. The summed E-state index contributed by atoms with van der Waals surface area (Å²) in [6, 6.07) is 8.02. The fourth-order valence-corrected chi connectivity index (χ4v) is 3.43. The van der Waals surface area contributed by atoms with E-state index in [1.165, 1.54) is 11.1 Å². The van der Waals surface area contributed by atoms with Crippen molar-refractivity contribution in [2.45, 2.75) is 45.2 Å². The molecule has 1 aliphatic heterocycles. The summed E-state index contributed by atoms with van der Waals surface area (Å²) in [5.41, 5.74) is 1.54. The van der Waals surface area contributed by atoms with Crippen LogP contribution >= 0.6 is 0 Å². The summed E-state index contributed by atoms with van der Waals surface area (Å²) in [7, 11) is 0. The molecule has 1 N–H and O–H groups in total. The Morgan fingerprint density at radius 3 is 2.15 bits per heavy atom. The highest BCUT2D eigenvalue weighted by atomic mass is 16.4. The molecule has 0 radical (unpaired) electrons. The fourth-order valence-electron chi connectivity index (χ4n) is 3.43. The van der Waals surface area contributed by atoms with Crippen molar-refractivity contribution in [3.05, 3.63) is 35.4 Å². The number of hydrogen-bond acceptors (Lipinski definition) is 2. The van der Waals surface area contributed by atoms with Crippen LogP contribution in [0.25, 0.3) is 0 Å². The van der Waals surface area contributed by atoms with E-state index >= 15 is 0 Å². The molecule has 2 aliphatic rings. The summed E-state index contributed by atoms with van der Waals surface area (Å²) in [5, 5.41) is 9.46. The van der Waals surface area contributed by atoms with Crippen molar-refractivity contribution in [1.29, 1.82) is 0 Å². The van der Waals surface area contributed by atoms with Gasteiger partial charge in [-0.25, -0.2) is 0 Å².